The highest BCUT2D eigenvalue weighted by Crippen LogP contribution is 2.19. The van der Waals surface area contributed by atoms with E-state index in [0.717, 1.165) is 0 Å². The number of nitrogens with zero attached hydrogens (tertiary/aromatic N) is 5. The van der Waals surface area contributed by atoms with Crippen LogP contribution in [0.2, 0.25) is 0 Å². The van der Waals surface area contributed by atoms with Crippen LogP contribution in [-0.4, -0.2) is 43.8 Å². The third kappa shape index (κ3) is 4.45. The van der Waals surface area contributed by atoms with Crippen LogP contribution in [0.1, 0.15) is 10.4 Å². The first-order valence-corrected chi connectivity index (χ1v) is 9.15. The third-order valence-corrected chi connectivity index (χ3v) is 4.30. The Balaban J connectivity index is 1.39. The lowest BCUT2D eigenvalue weighted by molar-refractivity contribution is -0.384. The van der Waals surface area contributed by atoms with Crippen LogP contribution in [0.3, 0.4) is 0 Å². The molecule has 0 bridgehead atoms. The number of hydrogen-bond acceptors (Lipinski definition) is 7. The van der Waals surface area contributed by atoms with Crippen molar-refractivity contribution in [3.63, 3.8) is 0 Å². The average Bonchev–Trinajstić information content (AvgIpc) is 3.20. The molecule has 0 aliphatic heterocycles. The molecule has 4 aromatic rings. The molecule has 31 heavy (non-hydrogen) atoms. The molecule has 0 spiro atoms. The highest BCUT2D eigenvalue weighted by molar-refractivity contribution is 5.94. The first kappa shape index (κ1) is 19.9. The van der Waals surface area contributed by atoms with E-state index < -0.39 is 10.8 Å². The van der Waals surface area contributed by atoms with Gasteiger partial charge in [-0.05, 0) is 36.4 Å². The van der Waals surface area contributed by atoms with Crippen LogP contribution >= 0.6 is 0 Å². The van der Waals surface area contributed by atoms with E-state index in [2.05, 4.69) is 20.6 Å². The number of fused-ring (bicyclic) bond motifs is 1. The minimum Gasteiger partial charge on any atom is -0.475 e. The van der Waals surface area contributed by atoms with E-state index in [1.54, 1.807) is 24.3 Å². The molecule has 0 atom stereocenters. The van der Waals surface area contributed by atoms with Gasteiger partial charge in [-0.25, -0.2) is 4.39 Å². The zero-order valence-electron chi connectivity index (χ0n) is 15.9. The van der Waals surface area contributed by atoms with E-state index in [1.165, 1.54) is 40.9 Å². The minimum atomic E-state index is -0.563. The van der Waals surface area contributed by atoms with Crippen LogP contribution in [0.25, 0.3) is 17.0 Å². The van der Waals surface area contributed by atoms with Crippen LogP contribution < -0.4 is 10.1 Å². The number of aromatic nitrogens is 4. The standard InChI is InChI=1S/C20H15FN6O4/c21-15-6-4-13(5-7-15)19-24-23-17-8-9-18(25-26(17)19)31-11-10-22-20(28)14-2-1-3-16(12-14)27(29)30/h1-9,12H,10-11H2,(H,22,28). The van der Waals surface area contributed by atoms with Gasteiger partial charge in [-0.3, -0.25) is 14.9 Å². The number of non-ortho nitro benzene ring substituents is 1. The van der Waals surface area contributed by atoms with Gasteiger partial charge in [-0.2, -0.15) is 4.52 Å². The maximum atomic E-state index is 13.2. The summed E-state index contributed by atoms with van der Waals surface area (Å²) < 4.78 is 20.2. The summed E-state index contributed by atoms with van der Waals surface area (Å²) in [5.74, 6) is -0.102. The first-order chi connectivity index (χ1) is 15.0. The van der Waals surface area contributed by atoms with Crippen LogP contribution in [0, 0.1) is 15.9 Å². The van der Waals surface area contributed by atoms with Gasteiger partial charge in [-0.1, -0.05) is 6.07 Å². The molecule has 4 rings (SSSR count). The van der Waals surface area contributed by atoms with Crippen molar-refractivity contribution in [1.82, 2.24) is 25.1 Å². The lowest BCUT2D eigenvalue weighted by atomic mass is 10.2. The molecule has 0 saturated carbocycles. The Bertz CT molecular complexity index is 1260. The second kappa shape index (κ2) is 8.53. The summed E-state index contributed by atoms with van der Waals surface area (Å²) in [6.07, 6.45) is 0. The molecule has 10 nitrogen and oxygen atoms in total. The molecule has 0 fully saturated rings. The fourth-order valence-electron chi connectivity index (χ4n) is 2.81. The molecule has 1 N–H and O–H groups in total. The lowest BCUT2D eigenvalue weighted by Crippen LogP contribution is -2.28. The molecule has 0 aliphatic rings. The highest BCUT2D eigenvalue weighted by atomic mass is 19.1. The summed E-state index contributed by atoms with van der Waals surface area (Å²) in [6, 6.07) is 14.5. The SMILES string of the molecule is O=C(NCCOc1ccc2nnc(-c3ccc(F)cc3)n2n1)c1cccc([N+](=O)[O-])c1. The van der Waals surface area contributed by atoms with Crippen molar-refractivity contribution < 1.29 is 18.8 Å². The van der Waals surface area contributed by atoms with Crippen molar-refractivity contribution in [3.8, 4) is 17.3 Å². The quantitative estimate of drug-likeness (QED) is 0.276. The molecule has 0 saturated heterocycles. The Morgan fingerprint density at radius 1 is 1.13 bits per heavy atom. The Morgan fingerprint density at radius 2 is 1.94 bits per heavy atom. The number of halogens is 1. The summed E-state index contributed by atoms with van der Waals surface area (Å²) >= 11 is 0. The number of nitrogens with one attached hydrogen (secondary N) is 1. The molecule has 0 unspecified atom stereocenters. The summed E-state index contributed by atoms with van der Waals surface area (Å²) in [6.45, 7) is 0.279. The average molecular weight is 422 g/mol. The Labute approximate surface area is 174 Å². The summed E-state index contributed by atoms with van der Waals surface area (Å²) in [5, 5.41) is 25.9. The van der Waals surface area contributed by atoms with Crippen LogP contribution in [-0.2, 0) is 0 Å². The van der Waals surface area contributed by atoms with Gasteiger partial charge in [0.1, 0.15) is 12.4 Å². The number of benzene rings is 2. The predicted molar refractivity (Wildman–Crippen MR) is 107 cm³/mol. The Hall–Kier alpha value is -4.41. The minimum absolute atomic E-state index is 0.118. The molecule has 2 aromatic heterocycles. The lowest BCUT2D eigenvalue weighted by Gasteiger charge is -2.08. The summed E-state index contributed by atoms with van der Waals surface area (Å²) in [4.78, 5) is 22.4. The number of rotatable bonds is 7. The van der Waals surface area contributed by atoms with Gasteiger partial charge < -0.3 is 10.1 Å². The maximum absolute atomic E-state index is 13.2. The van der Waals surface area contributed by atoms with Crippen molar-refractivity contribution in [2.75, 3.05) is 13.2 Å². The van der Waals surface area contributed by atoms with Gasteiger partial charge in [0.15, 0.2) is 11.5 Å². The smallest absolute Gasteiger partial charge is 0.270 e. The fraction of sp³-hybridized carbons (Fsp3) is 0.100. The molecular formula is C20H15FN6O4. The molecule has 11 heteroatoms. The second-order valence-corrected chi connectivity index (χ2v) is 6.38. The molecule has 156 valence electrons. The van der Waals surface area contributed by atoms with Gasteiger partial charge >= 0.3 is 0 Å². The Morgan fingerprint density at radius 3 is 2.71 bits per heavy atom. The van der Waals surface area contributed by atoms with Gasteiger partial charge in [0.05, 0.1) is 11.5 Å². The molecular weight excluding hydrogens is 407 g/mol. The Kier molecular flexibility index (Phi) is 5.47. The molecule has 0 aliphatic carbocycles. The van der Waals surface area contributed by atoms with E-state index in [-0.39, 0.29) is 36.1 Å². The van der Waals surface area contributed by atoms with Crippen molar-refractivity contribution in [2.24, 2.45) is 0 Å². The topological polar surface area (TPSA) is 125 Å². The van der Waals surface area contributed by atoms with E-state index in [4.69, 9.17) is 4.74 Å². The molecule has 0 radical (unpaired) electrons. The number of carbonyl (C=O) groups is 1. The van der Waals surface area contributed by atoms with Gasteiger partial charge in [0.2, 0.25) is 5.88 Å². The summed E-state index contributed by atoms with van der Waals surface area (Å²) in [5.41, 5.74) is 1.16. The molecule has 2 aromatic carbocycles. The van der Waals surface area contributed by atoms with Gasteiger partial charge in [0, 0.05) is 29.3 Å². The highest BCUT2D eigenvalue weighted by Gasteiger charge is 2.12. The number of nitro benzene ring substituents is 1. The largest absolute Gasteiger partial charge is 0.475 e. The van der Waals surface area contributed by atoms with Crippen LogP contribution in [0.4, 0.5) is 10.1 Å². The van der Waals surface area contributed by atoms with Crippen LogP contribution in [0.5, 0.6) is 5.88 Å². The normalized spacial score (nSPS) is 10.7. The van der Waals surface area contributed by atoms with E-state index >= 15 is 0 Å². The third-order valence-electron chi connectivity index (χ3n) is 4.30. The number of carbonyl (C=O) groups excluding carboxylic acids is 1. The zero-order valence-corrected chi connectivity index (χ0v) is 15.9. The van der Waals surface area contributed by atoms with Crippen molar-refractivity contribution in [1.29, 1.82) is 0 Å². The van der Waals surface area contributed by atoms with Gasteiger partial charge in [-0.15, -0.1) is 15.3 Å². The van der Waals surface area contributed by atoms with Crippen LogP contribution in [0.15, 0.2) is 60.7 Å². The molecule has 1 amide bonds. The number of nitro groups is 1. The van der Waals surface area contributed by atoms with Crippen molar-refractivity contribution in [2.45, 2.75) is 0 Å². The van der Waals surface area contributed by atoms with E-state index in [1.807, 2.05) is 0 Å². The van der Waals surface area contributed by atoms with Crippen molar-refractivity contribution >= 4 is 17.2 Å². The zero-order chi connectivity index (χ0) is 21.8. The van der Waals surface area contributed by atoms with Crippen molar-refractivity contribution in [3.05, 3.63) is 82.2 Å². The summed E-state index contributed by atoms with van der Waals surface area (Å²) in [7, 11) is 0. The fourth-order valence-corrected chi connectivity index (χ4v) is 2.81. The first-order valence-electron chi connectivity index (χ1n) is 9.15. The number of amides is 1. The number of hydrogen-bond donors (Lipinski definition) is 1. The number of ether oxygens (including phenoxy) is 1. The molecule has 2 heterocycles. The second-order valence-electron chi connectivity index (χ2n) is 6.38. The van der Waals surface area contributed by atoms with E-state index in [9.17, 15) is 19.3 Å². The van der Waals surface area contributed by atoms with E-state index in [0.29, 0.717) is 17.0 Å². The maximum Gasteiger partial charge on any atom is 0.270 e. The van der Waals surface area contributed by atoms with Gasteiger partial charge in [0.25, 0.3) is 11.6 Å². The predicted octanol–water partition coefficient (Wildman–Crippen LogP) is 2.65. The monoisotopic (exact) mass is 422 g/mol.